The normalized spacial score (nSPS) is 20.1. The molecule has 0 saturated carbocycles. The lowest BCUT2D eigenvalue weighted by atomic mass is 10.3. The Balaban J connectivity index is 4.86. The highest BCUT2D eigenvalue weighted by Crippen LogP contribution is 2.34. The highest BCUT2D eigenvalue weighted by Gasteiger charge is 2.48. The summed E-state index contributed by atoms with van der Waals surface area (Å²) in [6.45, 7) is 8.60. The molecule has 0 amide bonds. The largest absolute Gasteiger partial charge is 0.412 e. The second kappa shape index (κ2) is 5.71. The van der Waals surface area contributed by atoms with Crippen LogP contribution in [-0.4, -0.2) is 30.9 Å². The number of aliphatic hydroxyl groups is 1. The SMILES string of the molecule is CCC(C)(O)[Si](C)(CCC(F)(F)F)OC(C)C. The van der Waals surface area contributed by atoms with Crippen molar-refractivity contribution >= 4 is 8.32 Å². The minimum Gasteiger partial charge on any atom is -0.412 e. The van der Waals surface area contributed by atoms with E-state index in [-0.39, 0.29) is 12.1 Å². The van der Waals surface area contributed by atoms with E-state index < -0.39 is 26.1 Å². The molecule has 0 fully saturated rings. The fourth-order valence-corrected chi connectivity index (χ4v) is 5.19. The van der Waals surface area contributed by atoms with Crippen LogP contribution in [0.25, 0.3) is 0 Å². The minimum absolute atomic E-state index is 0.102. The van der Waals surface area contributed by atoms with Crippen molar-refractivity contribution in [3.63, 3.8) is 0 Å². The molecule has 0 bridgehead atoms. The molecule has 0 aromatic rings. The van der Waals surface area contributed by atoms with E-state index in [4.69, 9.17) is 4.43 Å². The molecule has 0 saturated heterocycles. The quantitative estimate of drug-likeness (QED) is 0.748. The van der Waals surface area contributed by atoms with Crippen molar-refractivity contribution in [3.05, 3.63) is 0 Å². The number of rotatable bonds is 6. The second-order valence-electron chi connectivity index (χ2n) is 5.14. The Labute approximate surface area is 102 Å². The van der Waals surface area contributed by atoms with Gasteiger partial charge in [0.05, 0.1) is 5.22 Å². The van der Waals surface area contributed by atoms with Crippen molar-refractivity contribution in [1.29, 1.82) is 0 Å². The maximum absolute atomic E-state index is 12.3. The fourth-order valence-electron chi connectivity index (χ4n) is 1.73. The molecule has 0 aliphatic rings. The molecule has 2 atom stereocenters. The molecule has 0 aromatic heterocycles. The summed E-state index contributed by atoms with van der Waals surface area (Å²) in [4.78, 5) is 0. The van der Waals surface area contributed by atoms with Crippen LogP contribution in [0.2, 0.25) is 12.6 Å². The van der Waals surface area contributed by atoms with E-state index in [1.807, 2.05) is 0 Å². The lowest BCUT2D eigenvalue weighted by Gasteiger charge is -2.41. The molecule has 0 heterocycles. The monoisotopic (exact) mass is 272 g/mol. The summed E-state index contributed by atoms with van der Waals surface area (Å²) >= 11 is 0. The Morgan fingerprint density at radius 3 is 2.06 bits per heavy atom. The van der Waals surface area contributed by atoms with Gasteiger partial charge in [-0.1, -0.05) is 6.92 Å². The second-order valence-corrected chi connectivity index (χ2v) is 9.41. The standard InChI is InChI=1S/C11H23F3O2Si/c1-6-10(4,15)17(5,16-9(2)3)8-7-11(12,13)14/h9,15H,6-8H2,1-5H3. The smallest absolute Gasteiger partial charge is 0.388 e. The van der Waals surface area contributed by atoms with Crippen LogP contribution in [0.5, 0.6) is 0 Å². The Morgan fingerprint density at radius 1 is 1.29 bits per heavy atom. The van der Waals surface area contributed by atoms with Gasteiger partial charge in [0, 0.05) is 12.5 Å². The molecule has 0 rings (SSSR count). The van der Waals surface area contributed by atoms with Gasteiger partial charge in [-0.25, -0.2) is 0 Å². The van der Waals surface area contributed by atoms with Gasteiger partial charge in [0.15, 0.2) is 0 Å². The third-order valence-electron chi connectivity index (χ3n) is 3.21. The molecule has 0 aromatic carbocycles. The van der Waals surface area contributed by atoms with Crippen molar-refractivity contribution in [2.75, 3.05) is 0 Å². The van der Waals surface area contributed by atoms with Crippen LogP contribution in [0.15, 0.2) is 0 Å². The van der Waals surface area contributed by atoms with E-state index >= 15 is 0 Å². The van der Waals surface area contributed by atoms with Crippen molar-refractivity contribution in [2.45, 2.75) is 70.6 Å². The van der Waals surface area contributed by atoms with Crippen LogP contribution in [0.3, 0.4) is 0 Å². The zero-order chi connectivity index (χ0) is 13.9. The van der Waals surface area contributed by atoms with Gasteiger partial charge >= 0.3 is 6.18 Å². The fraction of sp³-hybridized carbons (Fsp3) is 1.00. The van der Waals surface area contributed by atoms with Crippen LogP contribution in [0.4, 0.5) is 13.2 Å². The summed E-state index contributed by atoms with van der Waals surface area (Å²) in [5.74, 6) is 0. The summed E-state index contributed by atoms with van der Waals surface area (Å²) in [7, 11) is -2.81. The van der Waals surface area contributed by atoms with Crippen LogP contribution >= 0.6 is 0 Å². The van der Waals surface area contributed by atoms with Crippen molar-refractivity contribution in [3.8, 4) is 0 Å². The average molecular weight is 272 g/mol. The Morgan fingerprint density at radius 2 is 1.76 bits per heavy atom. The maximum atomic E-state index is 12.3. The molecule has 17 heavy (non-hydrogen) atoms. The minimum atomic E-state index is -4.20. The van der Waals surface area contributed by atoms with Crippen LogP contribution in [0.1, 0.15) is 40.5 Å². The zero-order valence-corrected chi connectivity index (χ0v) is 12.2. The first-order valence-corrected chi connectivity index (χ1v) is 8.52. The third-order valence-corrected chi connectivity index (χ3v) is 8.04. The van der Waals surface area contributed by atoms with Crippen molar-refractivity contribution in [2.24, 2.45) is 0 Å². The van der Waals surface area contributed by atoms with Crippen LogP contribution in [-0.2, 0) is 4.43 Å². The topological polar surface area (TPSA) is 29.5 Å². The lowest BCUT2D eigenvalue weighted by molar-refractivity contribution is -0.131. The average Bonchev–Trinajstić information content (AvgIpc) is 2.12. The lowest BCUT2D eigenvalue weighted by Crippen LogP contribution is -2.58. The first-order chi connectivity index (χ1) is 7.43. The zero-order valence-electron chi connectivity index (χ0n) is 11.2. The van der Waals surface area contributed by atoms with Crippen molar-refractivity contribution < 1.29 is 22.7 Å². The van der Waals surface area contributed by atoms with E-state index in [1.54, 1.807) is 34.2 Å². The third kappa shape index (κ3) is 5.40. The summed E-state index contributed by atoms with van der Waals surface area (Å²) in [6.07, 6.45) is -4.85. The summed E-state index contributed by atoms with van der Waals surface area (Å²) < 4.78 is 42.6. The summed E-state index contributed by atoms with van der Waals surface area (Å²) in [5, 5.41) is 9.12. The number of hydrogen-bond acceptors (Lipinski definition) is 2. The predicted molar refractivity (Wildman–Crippen MR) is 64.2 cm³/mol. The molecule has 0 radical (unpaired) electrons. The molecular formula is C11H23F3O2Si. The van der Waals surface area contributed by atoms with Gasteiger partial charge in [0.25, 0.3) is 0 Å². The maximum Gasteiger partial charge on any atom is 0.388 e. The van der Waals surface area contributed by atoms with Gasteiger partial charge in [-0.3, -0.25) is 0 Å². The molecule has 0 aliphatic heterocycles. The van der Waals surface area contributed by atoms with Gasteiger partial charge in [-0.05, 0) is 39.8 Å². The molecule has 2 unspecified atom stereocenters. The molecular weight excluding hydrogens is 249 g/mol. The Hall–Kier alpha value is -0.0731. The van der Waals surface area contributed by atoms with E-state index in [0.29, 0.717) is 6.42 Å². The number of halogens is 3. The van der Waals surface area contributed by atoms with Crippen molar-refractivity contribution in [1.82, 2.24) is 0 Å². The van der Waals surface area contributed by atoms with Gasteiger partial charge in [-0.15, -0.1) is 0 Å². The van der Waals surface area contributed by atoms with Gasteiger partial charge in [0.2, 0.25) is 8.32 Å². The molecule has 0 aliphatic carbocycles. The van der Waals surface area contributed by atoms with E-state index in [2.05, 4.69) is 0 Å². The first kappa shape index (κ1) is 16.9. The van der Waals surface area contributed by atoms with E-state index in [1.165, 1.54) is 0 Å². The van der Waals surface area contributed by atoms with E-state index in [9.17, 15) is 18.3 Å². The summed E-state index contributed by atoms with van der Waals surface area (Å²) in [5.41, 5.74) is 0. The highest BCUT2D eigenvalue weighted by molar-refractivity contribution is 6.75. The predicted octanol–water partition coefficient (Wildman–Crippen LogP) is 3.64. The van der Waals surface area contributed by atoms with Gasteiger partial charge < -0.3 is 9.53 Å². The number of alkyl halides is 3. The van der Waals surface area contributed by atoms with Crippen LogP contribution in [0, 0.1) is 0 Å². The van der Waals surface area contributed by atoms with Crippen LogP contribution < -0.4 is 0 Å². The number of hydrogen-bond donors (Lipinski definition) is 1. The van der Waals surface area contributed by atoms with Gasteiger partial charge in [-0.2, -0.15) is 13.2 Å². The Kier molecular flexibility index (Phi) is 5.69. The molecule has 0 spiro atoms. The highest BCUT2D eigenvalue weighted by atomic mass is 28.4. The molecule has 6 heteroatoms. The van der Waals surface area contributed by atoms with E-state index in [0.717, 1.165) is 0 Å². The summed E-state index contributed by atoms with van der Waals surface area (Å²) in [6, 6.07) is -0.102. The van der Waals surface area contributed by atoms with Gasteiger partial charge in [0.1, 0.15) is 0 Å². The molecule has 1 N–H and O–H groups in total. The molecule has 2 nitrogen and oxygen atoms in total. The molecule has 104 valence electrons. The first-order valence-electron chi connectivity index (χ1n) is 5.90. The Bertz CT molecular complexity index is 241.